The van der Waals surface area contributed by atoms with E-state index >= 15 is 0 Å². The van der Waals surface area contributed by atoms with E-state index in [1.165, 1.54) is 0 Å². The van der Waals surface area contributed by atoms with Crippen molar-refractivity contribution >= 4 is 11.6 Å². The Kier molecular flexibility index (Phi) is 7.39. The summed E-state index contributed by atoms with van der Waals surface area (Å²) in [5.74, 6) is 1.33. The summed E-state index contributed by atoms with van der Waals surface area (Å²) >= 11 is 0. The maximum Gasteiger partial charge on any atom is 0.239 e. The number of hydrogen-bond donors (Lipinski definition) is 2. The van der Waals surface area contributed by atoms with Crippen molar-refractivity contribution in [3.8, 4) is 11.5 Å². The normalized spacial score (nSPS) is 10.3. The van der Waals surface area contributed by atoms with E-state index in [4.69, 9.17) is 9.47 Å². The van der Waals surface area contributed by atoms with Crippen molar-refractivity contribution in [1.82, 2.24) is 10.2 Å². The van der Waals surface area contributed by atoms with E-state index in [1.807, 2.05) is 26.2 Å². The molecule has 0 atom stereocenters. The lowest BCUT2D eigenvalue weighted by Crippen LogP contribution is -2.32. The Balaban J connectivity index is 2.39. The molecule has 0 aliphatic rings. The van der Waals surface area contributed by atoms with E-state index in [-0.39, 0.29) is 12.5 Å². The molecule has 0 aliphatic heterocycles. The largest absolute Gasteiger partial charge is 0.497 e. The first-order valence-electron chi connectivity index (χ1n) is 6.94. The zero-order valence-corrected chi connectivity index (χ0v) is 13.2. The number of benzene rings is 1. The van der Waals surface area contributed by atoms with Gasteiger partial charge in [0.25, 0.3) is 0 Å². The third kappa shape index (κ3) is 6.35. The molecule has 21 heavy (non-hydrogen) atoms. The number of methoxy groups -OCH3 is 2. The van der Waals surface area contributed by atoms with Gasteiger partial charge in [0.05, 0.1) is 26.5 Å². The predicted octanol–water partition coefficient (Wildman–Crippen LogP) is 1.18. The van der Waals surface area contributed by atoms with E-state index in [0.29, 0.717) is 18.0 Å². The molecule has 0 fully saturated rings. The minimum absolute atomic E-state index is 0.0355. The van der Waals surface area contributed by atoms with Crippen molar-refractivity contribution in [2.75, 3.05) is 53.3 Å². The summed E-state index contributed by atoms with van der Waals surface area (Å²) in [6, 6.07) is 5.42. The van der Waals surface area contributed by atoms with Gasteiger partial charge < -0.3 is 25.0 Å². The van der Waals surface area contributed by atoms with E-state index in [2.05, 4.69) is 15.5 Å². The molecule has 0 spiro atoms. The molecule has 1 amide bonds. The highest BCUT2D eigenvalue weighted by molar-refractivity contribution is 5.81. The molecule has 1 aromatic rings. The van der Waals surface area contributed by atoms with Gasteiger partial charge in [-0.3, -0.25) is 4.79 Å². The fourth-order valence-electron chi connectivity index (χ4n) is 1.81. The Morgan fingerprint density at radius 1 is 1.24 bits per heavy atom. The van der Waals surface area contributed by atoms with Crippen LogP contribution in [0.2, 0.25) is 0 Å². The highest BCUT2D eigenvalue weighted by Gasteiger charge is 2.06. The number of carbonyl (C=O) groups is 1. The molecule has 118 valence electrons. The van der Waals surface area contributed by atoms with Crippen LogP contribution in [-0.2, 0) is 4.79 Å². The predicted molar refractivity (Wildman–Crippen MR) is 84.2 cm³/mol. The van der Waals surface area contributed by atoms with Gasteiger partial charge in [-0.1, -0.05) is 0 Å². The maximum atomic E-state index is 11.7. The number of nitrogens with one attached hydrogen (secondary N) is 2. The molecule has 6 heteroatoms. The van der Waals surface area contributed by atoms with Crippen LogP contribution < -0.4 is 20.1 Å². The quantitative estimate of drug-likeness (QED) is 0.670. The molecule has 0 saturated heterocycles. The topological polar surface area (TPSA) is 62.8 Å². The van der Waals surface area contributed by atoms with Crippen molar-refractivity contribution in [2.45, 2.75) is 6.42 Å². The monoisotopic (exact) mass is 295 g/mol. The molecule has 0 aromatic heterocycles. The van der Waals surface area contributed by atoms with Crippen LogP contribution in [-0.4, -0.2) is 58.8 Å². The third-order valence-corrected chi connectivity index (χ3v) is 2.95. The minimum Gasteiger partial charge on any atom is -0.497 e. The lowest BCUT2D eigenvalue weighted by Gasteiger charge is -2.13. The maximum absolute atomic E-state index is 11.7. The highest BCUT2D eigenvalue weighted by Crippen LogP contribution is 2.28. The number of nitrogens with zero attached hydrogens (tertiary/aromatic N) is 1. The second-order valence-corrected chi connectivity index (χ2v) is 4.93. The fourth-order valence-corrected chi connectivity index (χ4v) is 1.81. The van der Waals surface area contributed by atoms with Crippen molar-refractivity contribution in [2.24, 2.45) is 0 Å². The van der Waals surface area contributed by atoms with Gasteiger partial charge >= 0.3 is 0 Å². The number of anilines is 1. The van der Waals surface area contributed by atoms with Crippen LogP contribution in [0.25, 0.3) is 0 Å². The Morgan fingerprint density at radius 2 is 2.00 bits per heavy atom. The molecule has 1 aromatic carbocycles. The molecule has 0 bridgehead atoms. The summed E-state index contributed by atoms with van der Waals surface area (Å²) in [6.45, 7) is 1.85. The van der Waals surface area contributed by atoms with Gasteiger partial charge in [0, 0.05) is 12.6 Å². The zero-order valence-electron chi connectivity index (χ0n) is 13.2. The van der Waals surface area contributed by atoms with Crippen LogP contribution in [0.3, 0.4) is 0 Å². The Labute approximate surface area is 126 Å². The van der Waals surface area contributed by atoms with Gasteiger partial charge in [-0.05, 0) is 39.2 Å². The van der Waals surface area contributed by atoms with E-state index in [9.17, 15) is 4.79 Å². The first-order chi connectivity index (χ1) is 10.1. The second-order valence-electron chi connectivity index (χ2n) is 4.93. The smallest absolute Gasteiger partial charge is 0.239 e. The van der Waals surface area contributed by atoms with Gasteiger partial charge in [0.1, 0.15) is 11.5 Å². The molecule has 0 saturated carbocycles. The van der Waals surface area contributed by atoms with Crippen molar-refractivity contribution in [3.63, 3.8) is 0 Å². The Bertz CT molecular complexity index is 450. The molecule has 6 nitrogen and oxygen atoms in total. The van der Waals surface area contributed by atoms with Gasteiger partial charge in [-0.15, -0.1) is 0 Å². The minimum atomic E-state index is -0.0355. The summed E-state index contributed by atoms with van der Waals surface area (Å²) in [6.07, 6.45) is 0.935. The van der Waals surface area contributed by atoms with Crippen molar-refractivity contribution < 1.29 is 14.3 Å². The summed E-state index contributed by atoms with van der Waals surface area (Å²) in [5.41, 5.74) is 0.766. The molecule has 0 heterocycles. The zero-order chi connectivity index (χ0) is 15.7. The van der Waals surface area contributed by atoms with Gasteiger partial charge in [-0.25, -0.2) is 0 Å². The number of hydrogen-bond acceptors (Lipinski definition) is 5. The first-order valence-corrected chi connectivity index (χ1v) is 6.94. The van der Waals surface area contributed by atoms with Gasteiger partial charge in [0.15, 0.2) is 0 Å². The van der Waals surface area contributed by atoms with Gasteiger partial charge in [0.2, 0.25) is 5.91 Å². The van der Waals surface area contributed by atoms with Crippen LogP contribution in [0, 0.1) is 0 Å². The first kappa shape index (κ1) is 17.1. The van der Waals surface area contributed by atoms with Crippen LogP contribution in [0.5, 0.6) is 11.5 Å². The lowest BCUT2D eigenvalue weighted by molar-refractivity contribution is -0.119. The van der Waals surface area contributed by atoms with E-state index < -0.39 is 0 Å². The van der Waals surface area contributed by atoms with Crippen LogP contribution in [0.15, 0.2) is 18.2 Å². The Morgan fingerprint density at radius 3 is 2.62 bits per heavy atom. The lowest BCUT2D eigenvalue weighted by atomic mass is 10.2. The van der Waals surface area contributed by atoms with E-state index in [1.54, 1.807) is 20.3 Å². The highest BCUT2D eigenvalue weighted by atomic mass is 16.5. The number of amides is 1. The van der Waals surface area contributed by atoms with Crippen LogP contribution in [0.1, 0.15) is 6.42 Å². The molecule has 1 rings (SSSR count). The standard InChI is InChI=1S/C15H25N3O3/c1-18(2)9-5-8-16-15(19)11-17-13-7-6-12(20-3)10-14(13)21-4/h6-7,10,17H,5,8-9,11H2,1-4H3,(H,16,19). The third-order valence-electron chi connectivity index (χ3n) is 2.95. The summed E-state index contributed by atoms with van der Waals surface area (Å²) in [5, 5.41) is 5.94. The molecule has 2 N–H and O–H groups in total. The van der Waals surface area contributed by atoms with Crippen LogP contribution >= 0.6 is 0 Å². The number of rotatable bonds is 9. The molecule has 0 unspecified atom stereocenters. The Hall–Kier alpha value is -1.95. The SMILES string of the molecule is COc1ccc(NCC(=O)NCCCN(C)C)c(OC)c1. The molecule has 0 aliphatic carbocycles. The average molecular weight is 295 g/mol. The average Bonchev–Trinajstić information content (AvgIpc) is 2.49. The van der Waals surface area contributed by atoms with Crippen LogP contribution in [0.4, 0.5) is 5.69 Å². The van der Waals surface area contributed by atoms with Gasteiger partial charge in [-0.2, -0.15) is 0 Å². The van der Waals surface area contributed by atoms with E-state index in [0.717, 1.165) is 18.7 Å². The summed E-state index contributed by atoms with van der Waals surface area (Å²) in [7, 11) is 7.21. The summed E-state index contributed by atoms with van der Waals surface area (Å²) < 4.78 is 10.4. The molecule has 0 radical (unpaired) electrons. The van der Waals surface area contributed by atoms with Crippen molar-refractivity contribution in [3.05, 3.63) is 18.2 Å². The fraction of sp³-hybridized carbons (Fsp3) is 0.533. The number of ether oxygens (including phenoxy) is 2. The number of carbonyl (C=O) groups excluding carboxylic acids is 1. The summed E-state index contributed by atoms with van der Waals surface area (Å²) in [4.78, 5) is 13.8. The second kappa shape index (κ2) is 9.07. The molecular weight excluding hydrogens is 270 g/mol. The van der Waals surface area contributed by atoms with Crippen molar-refractivity contribution in [1.29, 1.82) is 0 Å². The molecular formula is C15H25N3O3.